The van der Waals surface area contributed by atoms with Gasteiger partial charge in [0.2, 0.25) is 5.95 Å². The highest BCUT2D eigenvalue weighted by atomic mass is 15.2. The maximum atomic E-state index is 4.32. The molecule has 0 aliphatic heterocycles. The summed E-state index contributed by atoms with van der Waals surface area (Å²) >= 11 is 0. The van der Waals surface area contributed by atoms with Crippen molar-refractivity contribution >= 4 is 5.95 Å². The molecule has 0 bridgehead atoms. The fraction of sp³-hybridized carbons (Fsp3) is 0.333. The summed E-state index contributed by atoms with van der Waals surface area (Å²) in [5, 5.41) is 3.40. The number of aryl methyl sites for hydroxylation is 1. The van der Waals surface area contributed by atoms with Gasteiger partial charge in [-0.3, -0.25) is 9.55 Å². The van der Waals surface area contributed by atoms with Gasteiger partial charge in [-0.15, -0.1) is 0 Å². The highest BCUT2D eigenvalue weighted by Crippen LogP contribution is 2.24. The van der Waals surface area contributed by atoms with Crippen molar-refractivity contribution in [2.75, 3.05) is 5.32 Å². The molecule has 16 heavy (non-hydrogen) atoms. The predicted octanol–water partition coefficient (Wildman–Crippen LogP) is 2.15. The van der Waals surface area contributed by atoms with Gasteiger partial charge in [0.15, 0.2) is 0 Å². The molecule has 0 saturated heterocycles. The lowest BCUT2D eigenvalue weighted by molar-refractivity contribution is 0.989. The molecule has 1 saturated carbocycles. The second-order valence-corrected chi connectivity index (χ2v) is 4.20. The van der Waals surface area contributed by atoms with Crippen LogP contribution >= 0.6 is 0 Å². The van der Waals surface area contributed by atoms with Crippen molar-refractivity contribution in [1.82, 2.24) is 14.5 Å². The number of anilines is 1. The lowest BCUT2D eigenvalue weighted by atomic mass is 10.3. The molecule has 1 N–H and O–H groups in total. The van der Waals surface area contributed by atoms with Crippen LogP contribution in [-0.4, -0.2) is 20.6 Å². The Kier molecular flexibility index (Phi) is 2.13. The Labute approximate surface area is 94.4 Å². The first kappa shape index (κ1) is 9.39. The summed E-state index contributed by atoms with van der Waals surface area (Å²) in [6.45, 7) is 1.99. The van der Waals surface area contributed by atoms with Crippen LogP contribution in [0.25, 0.3) is 5.69 Å². The van der Waals surface area contributed by atoms with Crippen molar-refractivity contribution in [3.8, 4) is 5.69 Å². The standard InChI is InChI=1S/C12H14N4/c1-9-2-5-11(8-14-9)16-7-6-13-12(16)15-10-3-4-10/h2,5-8,10H,3-4H2,1H3,(H,13,15). The van der Waals surface area contributed by atoms with Crippen LogP contribution in [-0.2, 0) is 0 Å². The van der Waals surface area contributed by atoms with Crippen LogP contribution in [0.5, 0.6) is 0 Å². The molecule has 2 heterocycles. The molecule has 3 rings (SSSR count). The Morgan fingerprint density at radius 3 is 2.88 bits per heavy atom. The number of nitrogens with zero attached hydrogens (tertiary/aromatic N) is 3. The summed E-state index contributed by atoms with van der Waals surface area (Å²) < 4.78 is 2.03. The van der Waals surface area contributed by atoms with E-state index in [4.69, 9.17) is 0 Å². The van der Waals surface area contributed by atoms with Crippen molar-refractivity contribution in [2.24, 2.45) is 0 Å². The molecule has 0 amide bonds. The predicted molar refractivity (Wildman–Crippen MR) is 62.7 cm³/mol. The topological polar surface area (TPSA) is 42.7 Å². The van der Waals surface area contributed by atoms with E-state index in [0.717, 1.165) is 17.3 Å². The van der Waals surface area contributed by atoms with E-state index in [1.54, 1.807) is 0 Å². The lowest BCUT2D eigenvalue weighted by Crippen LogP contribution is -2.07. The molecule has 0 radical (unpaired) electrons. The molecule has 0 aromatic carbocycles. The van der Waals surface area contributed by atoms with Crippen LogP contribution in [0, 0.1) is 6.92 Å². The van der Waals surface area contributed by atoms with Crippen molar-refractivity contribution < 1.29 is 0 Å². The van der Waals surface area contributed by atoms with E-state index < -0.39 is 0 Å². The van der Waals surface area contributed by atoms with Gasteiger partial charge in [0.25, 0.3) is 0 Å². The molecule has 1 fully saturated rings. The van der Waals surface area contributed by atoms with Gasteiger partial charge in [-0.05, 0) is 31.9 Å². The SMILES string of the molecule is Cc1ccc(-n2ccnc2NC2CC2)cn1. The van der Waals surface area contributed by atoms with E-state index in [9.17, 15) is 0 Å². The number of rotatable bonds is 3. The van der Waals surface area contributed by atoms with Crippen LogP contribution in [0.15, 0.2) is 30.7 Å². The van der Waals surface area contributed by atoms with Crippen molar-refractivity contribution in [1.29, 1.82) is 0 Å². The zero-order chi connectivity index (χ0) is 11.0. The third-order valence-corrected chi connectivity index (χ3v) is 2.73. The van der Waals surface area contributed by atoms with E-state index in [-0.39, 0.29) is 0 Å². The van der Waals surface area contributed by atoms with Gasteiger partial charge in [-0.25, -0.2) is 4.98 Å². The minimum atomic E-state index is 0.611. The van der Waals surface area contributed by atoms with Gasteiger partial charge in [-0.1, -0.05) is 0 Å². The smallest absolute Gasteiger partial charge is 0.207 e. The monoisotopic (exact) mass is 214 g/mol. The van der Waals surface area contributed by atoms with Gasteiger partial charge >= 0.3 is 0 Å². The first-order valence-electron chi connectivity index (χ1n) is 5.56. The summed E-state index contributed by atoms with van der Waals surface area (Å²) in [5.74, 6) is 0.910. The summed E-state index contributed by atoms with van der Waals surface area (Å²) in [7, 11) is 0. The molecule has 4 nitrogen and oxygen atoms in total. The fourth-order valence-corrected chi connectivity index (χ4v) is 1.63. The maximum Gasteiger partial charge on any atom is 0.207 e. The average molecular weight is 214 g/mol. The molecule has 0 unspecified atom stereocenters. The number of hydrogen-bond acceptors (Lipinski definition) is 3. The van der Waals surface area contributed by atoms with Gasteiger partial charge in [0.05, 0.1) is 11.9 Å². The Morgan fingerprint density at radius 1 is 1.31 bits per heavy atom. The van der Waals surface area contributed by atoms with Gasteiger partial charge in [-0.2, -0.15) is 0 Å². The molecular formula is C12H14N4. The minimum Gasteiger partial charge on any atom is -0.353 e. The van der Waals surface area contributed by atoms with E-state index in [0.29, 0.717) is 6.04 Å². The normalized spacial score (nSPS) is 15.1. The average Bonchev–Trinajstić information content (AvgIpc) is 2.97. The Balaban J connectivity index is 1.92. The second kappa shape index (κ2) is 3.63. The Bertz CT molecular complexity index is 482. The number of pyridine rings is 1. The van der Waals surface area contributed by atoms with Crippen LogP contribution < -0.4 is 5.32 Å². The quantitative estimate of drug-likeness (QED) is 0.851. The molecule has 1 aliphatic carbocycles. The largest absolute Gasteiger partial charge is 0.353 e. The number of nitrogens with one attached hydrogen (secondary N) is 1. The van der Waals surface area contributed by atoms with Crippen LogP contribution in [0.1, 0.15) is 18.5 Å². The fourth-order valence-electron chi connectivity index (χ4n) is 1.63. The molecule has 0 spiro atoms. The van der Waals surface area contributed by atoms with Crippen molar-refractivity contribution in [2.45, 2.75) is 25.8 Å². The summed E-state index contributed by atoms with van der Waals surface area (Å²) in [6.07, 6.45) is 8.13. The molecule has 1 aliphatic rings. The van der Waals surface area contributed by atoms with E-state index in [1.165, 1.54) is 12.8 Å². The third-order valence-electron chi connectivity index (χ3n) is 2.73. The second-order valence-electron chi connectivity index (χ2n) is 4.20. The lowest BCUT2D eigenvalue weighted by Gasteiger charge is -2.08. The molecule has 4 heteroatoms. The van der Waals surface area contributed by atoms with E-state index in [2.05, 4.69) is 21.4 Å². The summed E-state index contributed by atoms with van der Waals surface area (Å²) in [6, 6.07) is 4.68. The van der Waals surface area contributed by atoms with Gasteiger partial charge in [0, 0.05) is 24.1 Å². The molecule has 82 valence electrons. The van der Waals surface area contributed by atoms with Crippen molar-refractivity contribution in [3.63, 3.8) is 0 Å². The van der Waals surface area contributed by atoms with Crippen molar-refractivity contribution in [3.05, 3.63) is 36.4 Å². The Morgan fingerprint density at radius 2 is 2.19 bits per heavy atom. The third kappa shape index (κ3) is 1.78. The molecule has 0 atom stereocenters. The summed E-state index contributed by atoms with van der Waals surface area (Å²) in [5.41, 5.74) is 2.08. The Hall–Kier alpha value is -1.84. The zero-order valence-electron chi connectivity index (χ0n) is 9.22. The van der Waals surface area contributed by atoms with E-state index >= 15 is 0 Å². The number of aromatic nitrogens is 3. The minimum absolute atomic E-state index is 0.611. The van der Waals surface area contributed by atoms with Crippen LogP contribution in [0.2, 0.25) is 0 Å². The highest BCUT2D eigenvalue weighted by molar-refractivity contribution is 5.41. The first-order chi connectivity index (χ1) is 7.83. The maximum absolute atomic E-state index is 4.32. The first-order valence-corrected chi connectivity index (χ1v) is 5.56. The van der Waals surface area contributed by atoms with Crippen LogP contribution in [0.3, 0.4) is 0 Å². The van der Waals surface area contributed by atoms with Gasteiger partial charge < -0.3 is 5.32 Å². The molecule has 2 aromatic heterocycles. The summed E-state index contributed by atoms with van der Waals surface area (Å²) in [4.78, 5) is 8.61. The number of hydrogen-bond donors (Lipinski definition) is 1. The highest BCUT2D eigenvalue weighted by Gasteiger charge is 2.22. The molecule has 2 aromatic rings. The van der Waals surface area contributed by atoms with E-state index in [1.807, 2.05) is 36.1 Å². The zero-order valence-corrected chi connectivity index (χ0v) is 9.22. The van der Waals surface area contributed by atoms with Crippen LogP contribution in [0.4, 0.5) is 5.95 Å². The number of imidazole rings is 1. The molecular weight excluding hydrogens is 200 g/mol. The van der Waals surface area contributed by atoms with Gasteiger partial charge in [0.1, 0.15) is 0 Å².